The largest absolute Gasteiger partial charge is 0.374 e. The van der Waals surface area contributed by atoms with Gasteiger partial charge in [0.05, 0.1) is 18.9 Å². The molecule has 0 saturated carbocycles. The molecule has 2 heterocycles. The lowest BCUT2D eigenvalue weighted by Crippen LogP contribution is -2.46. The molecule has 0 radical (unpaired) electrons. The van der Waals surface area contributed by atoms with Gasteiger partial charge in [0.25, 0.3) is 0 Å². The number of nitrogens with one attached hydrogen (secondary N) is 2. The quantitative estimate of drug-likeness (QED) is 0.858. The van der Waals surface area contributed by atoms with E-state index in [4.69, 9.17) is 4.74 Å². The van der Waals surface area contributed by atoms with Crippen LogP contribution in [0.4, 0.5) is 0 Å². The number of morpholine rings is 1. The van der Waals surface area contributed by atoms with Crippen LogP contribution < -0.4 is 5.32 Å². The molecule has 1 aliphatic rings. The first kappa shape index (κ1) is 15.5. The molecule has 0 bridgehead atoms. The van der Waals surface area contributed by atoms with E-state index in [9.17, 15) is 0 Å². The summed E-state index contributed by atoms with van der Waals surface area (Å²) in [6, 6.07) is 0. The Morgan fingerprint density at radius 2 is 2.30 bits per heavy atom. The van der Waals surface area contributed by atoms with Crippen molar-refractivity contribution >= 4 is 0 Å². The number of hydrogen-bond donors (Lipinski definition) is 2. The average molecular weight is 280 g/mol. The Kier molecular flexibility index (Phi) is 5.18. The van der Waals surface area contributed by atoms with Crippen LogP contribution in [0, 0.1) is 0 Å². The van der Waals surface area contributed by atoms with Gasteiger partial charge in [-0.3, -0.25) is 10.00 Å². The summed E-state index contributed by atoms with van der Waals surface area (Å²) in [5.74, 6) is 0. The zero-order valence-electron chi connectivity index (χ0n) is 13.2. The highest BCUT2D eigenvalue weighted by Gasteiger charge is 2.21. The van der Waals surface area contributed by atoms with E-state index in [2.05, 4.69) is 48.1 Å². The summed E-state index contributed by atoms with van der Waals surface area (Å²) in [6.45, 7) is 14.6. The van der Waals surface area contributed by atoms with Crippen molar-refractivity contribution in [2.75, 3.05) is 32.8 Å². The molecule has 1 aromatic heterocycles. The summed E-state index contributed by atoms with van der Waals surface area (Å²) in [5, 5.41) is 10.8. The van der Waals surface area contributed by atoms with Crippen LogP contribution >= 0.6 is 0 Å². The van der Waals surface area contributed by atoms with Crippen molar-refractivity contribution in [2.45, 2.75) is 45.8 Å². The van der Waals surface area contributed by atoms with Crippen molar-refractivity contribution in [1.29, 1.82) is 0 Å². The second-order valence-corrected chi connectivity index (χ2v) is 6.54. The van der Waals surface area contributed by atoms with E-state index < -0.39 is 0 Å². The highest BCUT2D eigenvalue weighted by atomic mass is 16.5. The lowest BCUT2D eigenvalue weighted by atomic mass is 9.89. The molecule has 0 spiro atoms. The summed E-state index contributed by atoms with van der Waals surface area (Å²) in [4.78, 5) is 2.44. The summed E-state index contributed by atoms with van der Waals surface area (Å²) in [7, 11) is 0. The zero-order chi connectivity index (χ0) is 14.6. The van der Waals surface area contributed by atoms with Gasteiger partial charge in [-0.05, 0) is 6.54 Å². The first-order valence-electron chi connectivity index (χ1n) is 7.58. The molecule has 1 saturated heterocycles. The number of aromatic nitrogens is 2. The molecule has 114 valence electrons. The maximum Gasteiger partial charge on any atom is 0.0826 e. The fourth-order valence-electron chi connectivity index (χ4n) is 2.65. The molecular formula is C15H28N4O. The number of hydrogen-bond acceptors (Lipinski definition) is 4. The highest BCUT2D eigenvalue weighted by Crippen LogP contribution is 2.23. The molecule has 1 fully saturated rings. The van der Waals surface area contributed by atoms with Crippen molar-refractivity contribution in [1.82, 2.24) is 20.4 Å². The minimum Gasteiger partial charge on any atom is -0.374 e. The second kappa shape index (κ2) is 6.70. The molecule has 1 aliphatic heterocycles. The molecule has 0 unspecified atom stereocenters. The first-order valence-corrected chi connectivity index (χ1v) is 7.58. The van der Waals surface area contributed by atoms with E-state index in [1.165, 1.54) is 11.3 Å². The Labute approximate surface area is 122 Å². The van der Waals surface area contributed by atoms with Gasteiger partial charge in [-0.2, -0.15) is 5.10 Å². The van der Waals surface area contributed by atoms with Gasteiger partial charge in [0, 0.05) is 42.9 Å². The molecule has 20 heavy (non-hydrogen) atoms. The molecule has 1 aromatic rings. The monoisotopic (exact) mass is 280 g/mol. The van der Waals surface area contributed by atoms with Crippen LogP contribution in [0.5, 0.6) is 0 Å². The van der Waals surface area contributed by atoms with E-state index in [-0.39, 0.29) is 5.41 Å². The van der Waals surface area contributed by atoms with Crippen LogP contribution in [-0.4, -0.2) is 54.0 Å². The fourth-order valence-corrected chi connectivity index (χ4v) is 2.65. The third-order valence-electron chi connectivity index (χ3n) is 3.83. The van der Waals surface area contributed by atoms with Gasteiger partial charge in [-0.25, -0.2) is 0 Å². The van der Waals surface area contributed by atoms with Crippen molar-refractivity contribution < 1.29 is 4.74 Å². The van der Waals surface area contributed by atoms with Gasteiger partial charge in [0.15, 0.2) is 0 Å². The number of ether oxygens (including phenoxy) is 1. The van der Waals surface area contributed by atoms with Crippen LogP contribution in [0.3, 0.4) is 0 Å². The molecule has 0 aromatic carbocycles. The van der Waals surface area contributed by atoms with Crippen LogP contribution in [0.15, 0.2) is 6.20 Å². The second-order valence-electron chi connectivity index (χ2n) is 6.54. The Morgan fingerprint density at radius 3 is 3.00 bits per heavy atom. The van der Waals surface area contributed by atoms with Crippen molar-refractivity contribution in [2.24, 2.45) is 0 Å². The molecule has 0 aliphatic carbocycles. The minimum atomic E-state index is 0.105. The van der Waals surface area contributed by atoms with Gasteiger partial charge in [0.2, 0.25) is 0 Å². The van der Waals surface area contributed by atoms with Gasteiger partial charge in [0.1, 0.15) is 0 Å². The summed E-state index contributed by atoms with van der Waals surface area (Å²) < 4.78 is 5.80. The molecule has 5 heteroatoms. The lowest BCUT2D eigenvalue weighted by Gasteiger charge is -2.32. The average Bonchev–Trinajstić information content (AvgIpc) is 2.87. The number of rotatable bonds is 5. The van der Waals surface area contributed by atoms with Crippen LogP contribution in [-0.2, 0) is 16.7 Å². The van der Waals surface area contributed by atoms with Crippen LogP contribution in [0.2, 0.25) is 0 Å². The summed E-state index contributed by atoms with van der Waals surface area (Å²) in [6.07, 6.45) is 2.22. The third-order valence-corrected chi connectivity index (χ3v) is 3.83. The van der Waals surface area contributed by atoms with E-state index >= 15 is 0 Å². The molecule has 2 N–H and O–H groups in total. The standard InChI is InChI=1S/C15H28N4O/c1-5-19-6-7-20-13(11-19)10-16-8-12-9-17-18-14(12)15(2,3)4/h9,13,16H,5-8,10-11H2,1-4H3,(H,17,18)/t13-/m1/s1. The SMILES string of the molecule is CCN1CCO[C@H](CNCc2cn[nH]c2C(C)(C)C)C1. The molecule has 1 atom stereocenters. The van der Waals surface area contributed by atoms with Gasteiger partial charge >= 0.3 is 0 Å². The topological polar surface area (TPSA) is 53.2 Å². The maximum absolute atomic E-state index is 5.80. The predicted octanol–water partition coefficient (Wildman–Crippen LogP) is 1.52. The Morgan fingerprint density at radius 1 is 1.50 bits per heavy atom. The summed E-state index contributed by atoms with van der Waals surface area (Å²) >= 11 is 0. The Balaban J connectivity index is 1.80. The number of aromatic amines is 1. The van der Waals surface area contributed by atoms with E-state index in [0.717, 1.165) is 39.3 Å². The first-order chi connectivity index (χ1) is 9.50. The van der Waals surface area contributed by atoms with Crippen LogP contribution in [0.1, 0.15) is 39.0 Å². The smallest absolute Gasteiger partial charge is 0.0826 e. The maximum atomic E-state index is 5.80. The highest BCUT2D eigenvalue weighted by molar-refractivity contribution is 5.23. The molecule has 5 nitrogen and oxygen atoms in total. The normalized spacial score (nSPS) is 21.3. The molecule has 2 rings (SSSR count). The van der Waals surface area contributed by atoms with Crippen LogP contribution in [0.25, 0.3) is 0 Å². The minimum absolute atomic E-state index is 0.105. The Hall–Kier alpha value is -0.910. The molecule has 0 amide bonds. The Bertz CT molecular complexity index is 410. The van der Waals surface area contributed by atoms with Crippen molar-refractivity contribution in [3.05, 3.63) is 17.5 Å². The van der Waals surface area contributed by atoms with Crippen molar-refractivity contribution in [3.8, 4) is 0 Å². The van der Waals surface area contributed by atoms with Gasteiger partial charge < -0.3 is 10.1 Å². The number of H-pyrrole nitrogens is 1. The number of likely N-dealkylation sites (N-methyl/N-ethyl adjacent to an activating group) is 1. The zero-order valence-corrected chi connectivity index (χ0v) is 13.2. The summed E-state index contributed by atoms with van der Waals surface area (Å²) in [5.41, 5.74) is 2.57. The van der Waals surface area contributed by atoms with E-state index in [0.29, 0.717) is 6.10 Å². The predicted molar refractivity (Wildman–Crippen MR) is 80.8 cm³/mol. The fraction of sp³-hybridized carbons (Fsp3) is 0.800. The van der Waals surface area contributed by atoms with Gasteiger partial charge in [-0.15, -0.1) is 0 Å². The van der Waals surface area contributed by atoms with E-state index in [1.54, 1.807) is 0 Å². The van der Waals surface area contributed by atoms with Crippen molar-refractivity contribution in [3.63, 3.8) is 0 Å². The third kappa shape index (κ3) is 4.04. The van der Waals surface area contributed by atoms with E-state index in [1.807, 2.05) is 6.20 Å². The lowest BCUT2D eigenvalue weighted by molar-refractivity contribution is -0.0253. The number of nitrogens with zero attached hydrogens (tertiary/aromatic N) is 2. The van der Waals surface area contributed by atoms with Gasteiger partial charge in [-0.1, -0.05) is 27.7 Å². The molecular weight excluding hydrogens is 252 g/mol.